The Morgan fingerprint density at radius 2 is 1.86 bits per heavy atom. The maximum atomic E-state index is 12.3. The van der Waals surface area contributed by atoms with Gasteiger partial charge in [0.15, 0.2) is 0 Å². The van der Waals surface area contributed by atoms with E-state index in [0.29, 0.717) is 0 Å². The van der Waals surface area contributed by atoms with Crippen molar-refractivity contribution in [1.82, 2.24) is 0 Å². The van der Waals surface area contributed by atoms with Gasteiger partial charge in [0.25, 0.3) is 0 Å². The third kappa shape index (κ3) is 5.33. The Balaban J connectivity index is 1.80. The van der Waals surface area contributed by atoms with Gasteiger partial charge in [0.05, 0.1) is 6.61 Å². The van der Waals surface area contributed by atoms with Gasteiger partial charge in [0.1, 0.15) is 11.4 Å². The number of ether oxygens (including phenoxy) is 1. The van der Waals surface area contributed by atoms with Crippen LogP contribution in [-0.2, 0) is 21.9 Å². The van der Waals surface area contributed by atoms with Crippen LogP contribution in [-0.4, -0.2) is 22.4 Å². The number of rotatable bonds is 7. The van der Waals surface area contributed by atoms with Gasteiger partial charge in [-0.3, -0.25) is 4.79 Å². The van der Waals surface area contributed by atoms with E-state index >= 15 is 0 Å². The second-order valence-electron chi connectivity index (χ2n) is 5.88. The van der Waals surface area contributed by atoms with Gasteiger partial charge in [-0.25, -0.2) is 0 Å². The van der Waals surface area contributed by atoms with Crippen LogP contribution in [0.1, 0.15) is 56.6 Å². The summed E-state index contributed by atoms with van der Waals surface area (Å²) in [4.78, 5) is 12.3. The predicted molar refractivity (Wildman–Crippen MR) is 90.7 cm³/mol. The first-order chi connectivity index (χ1) is 10.7. The molecule has 122 valence electrons. The summed E-state index contributed by atoms with van der Waals surface area (Å²) in [5.74, 6) is 0.746. The summed E-state index contributed by atoms with van der Waals surface area (Å²) in [5, 5.41) is 8.96. The number of aliphatic hydroxyl groups is 1. The first-order valence-corrected chi connectivity index (χ1v) is 9.28. The van der Waals surface area contributed by atoms with Crippen molar-refractivity contribution in [2.24, 2.45) is 0 Å². The molecular weight excluding hydrogens is 296 g/mol. The molecule has 0 radical (unpaired) electrons. The molecule has 0 spiro atoms. The van der Waals surface area contributed by atoms with E-state index < -0.39 is 0 Å². The minimum atomic E-state index is -0.0838. The van der Waals surface area contributed by atoms with Crippen molar-refractivity contribution in [3.8, 4) is 0 Å². The van der Waals surface area contributed by atoms with Crippen LogP contribution in [0.15, 0.2) is 24.3 Å². The van der Waals surface area contributed by atoms with Crippen LogP contribution in [0.5, 0.6) is 0 Å². The fraction of sp³-hybridized carbons (Fsp3) is 0.611. The summed E-state index contributed by atoms with van der Waals surface area (Å²) in [5.41, 5.74) is 2.09. The van der Waals surface area contributed by atoms with Gasteiger partial charge in [-0.1, -0.05) is 37.6 Å². The molecule has 0 amide bonds. The number of aliphatic hydroxyl groups excluding tert-OH is 1. The van der Waals surface area contributed by atoms with Gasteiger partial charge in [-0.15, -0.1) is 11.8 Å². The standard InChI is InChI=1S/C18H26O3S/c1-2-17(18(20)21-16-6-4-3-5-7-16)22-13-15-10-8-14(12-19)9-11-15/h8-11,16-17,19H,2-7,12-13H2,1H3. The van der Waals surface area contributed by atoms with E-state index in [4.69, 9.17) is 9.84 Å². The minimum absolute atomic E-state index is 0.0496. The van der Waals surface area contributed by atoms with Gasteiger partial charge in [0.2, 0.25) is 0 Å². The smallest absolute Gasteiger partial charge is 0.319 e. The highest BCUT2D eigenvalue weighted by Crippen LogP contribution is 2.25. The van der Waals surface area contributed by atoms with Gasteiger partial charge in [0, 0.05) is 5.75 Å². The highest BCUT2D eigenvalue weighted by atomic mass is 32.2. The summed E-state index contributed by atoms with van der Waals surface area (Å²) < 4.78 is 5.68. The molecule has 0 aliphatic heterocycles. The van der Waals surface area contributed by atoms with Crippen molar-refractivity contribution >= 4 is 17.7 Å². The third-order valence-electron chi connectivity index (χ3n) is 4.13. The molecule has 22 heavy (non-hydrogen) atoms. The summed E-state index contributed by atoms with van der Waals surface area (Å²) in [6.45, 7) is 2.10. The number of carbonyl (C=O) groups is 1. The third-order valence-corrected chi connectivity index (χ3v) is 5.55. The largest absolute Gasteiger partial charge is 0.462 e. The normalized spacial score (nSPS) is 17.2. The zero-order valence-corrected chi connectivity index (χ0v) is 14.1. The van der Waals surface area contributed by atoms with Gasteiger partial charge in [-0.05, 0) is 43.2 Å². The molecule has 4 heteroatoms. The molecule has 3 nitrogen and oxygen atoms in total. The molecule has 0 bridgehead atoms. The van der Waals surface area contributed by atoms with Gasteiger partial charge in [-0.2, -0.15) is 0 Å². The number of benzene rings is 1. The molecule has 0 heterocycles. The van der Waals surface area contributed by atoms with E-state index in [2.05, 4.69) is 0 Å². The Bertz CT molecular complexity index is 452. The summed E-state index contributed by atoms with van der Waals surface area (Å²) in [6.07, 6.45) is 6.61. The van der Waals surface area contributed by atoms with E-state index in [1.807, 2.05) is 31.2 Å². The fourth-order valence-electron chi connectivity index (χ4n) is 2.71. The predicted octanol–water partition coefficient (Wildman–Crippen LogP) is 4.07. The summed E-state index contributed by atoms with van der Waals surface area (Å²) in [7, 11) is 0. The topological polar surface area (TPSA) is 46.5 Å². The van der Waals surface area contributed by atoms with Crippen LogP contribution >= 0.6 is 11.8 Å². The zero-order valence-electron chi connectivity index (χ0n) is 13.3. The van der Waals surface area contributed by atoms with Crippen molar-refractivity contribution < 1.29 is 14.6 Å². The number of thioether (sulfide) groups is 1. The number of hydrogen-bond acceptors (Lipinski definition) is 4. The first-order valence-electron chi connectivity index (χ1n) is 8.23. The molecular formula is C18H26O3S. The second kappa shape index (κ2) is 9.21. The first kappa shape index (κ1) is 17.4. The number of hydrogen-bond donors (Lipinski definition) is 1. The molecule has 0 saturated heterocycles. The Labute approximate surface area is 137 Å². The zero-order chi connectivity index (χ0) is 15.8. The Kier molecular flexibility index (Phi) is 7.26. The van der Waals surface area contributed by atoms with E-state index in [1.54, 1.807) is 11.8 Å². The average molecular weight is 322 g/mol. The van der Waals surface area contributed by atoms with Crippen molar-refractivity contribution in [1.29, 1.82) is 0 Å². The van der Waals surface area contributed by atoms with Crippen LogP contribution in [0.2, 0.25) is 0 Å². The Morgan fingerprint density at radius 3 is 2.45 bits per heavy atom. The molecule has 1 aromatic rings. The summed E-state index contributed by atoms with van der Waals surface area (Å²) in [6, 6.07) is 7.88. The van der Waals surface area contributed by atoms with E-state index in [0.717, 1.165) is 30.6 Å². The molecule has 0 aromatic heterocycles. The maximum absolute atomic E-state index is 12.3. The molecule has 1 aromatic carbocycles. The SMILES string of the molecule is CCC(SCc1ccc(CO)cc1)C(=O)OC1CCCCC1. The summed E-state index contributed by atoms with van der Waals surface area (Å²) >= 11 is 1.65. The number of carbonyl (C=O) groups excluding carboxylic acids is 1. The second-order valence-corrected chi connectivity index (χ2v) is 7.07. The molecule has 1 saturated carbocycles. The highest BCUT2D eigenvalue weighted by molar-refractivity contribution is 7.99. The van der Waals surface area contributed by atoms with Crippen molar-refractivity contribution in [2.45, 2.75) is 69.2 Å². The lowest BCUT2D eigenvalue weighted by atomic mass is 9.98. The van der Waals surface area contributed by atoms with Crippen molar-refractivity contribution in [3.63, 3.8) is 0 Å². The van der Waals surface area contributed by atoms with Crippen LogP contribution < -0.4 is 0 Å². The lowest BCUT2D eigenvalue weighted by Gasteiger charge is -2.24. The molecule has 1 atom stereocenters. The Hall–Kier alpha value is -1.00. The lowest BCUT2D eigenvalue weighted by molar-refractivity contribution is -0.149. The van der Waals surface area contributed by atoms with Gasteiger partial charge >= 0.3 is 5.97 Å². The van der Waals surface area contributed by atoms with Crippen LogP contribution in [0, 0.1) is 0 Å². The van der Waals surface area contributed by atoms with Crippen LogP contribution in [0.25, 0.3) is 0 Å². The molecule has 1 aliphatic rings. The van der Waals surface area contributed by atoms with E-state index in [9.17, 15) is 4.79 Å². The lowest BCUT2D eigenvalue weighted by Crippen LogP contribution is -2.27. The monoisotopic (exact) mass is 322 g/mol. The molecule has 1 unspecified atom stereocenters. The average Bonchev–Trinajstić information content (AvgIpc) is 2.57. The fourth-order valence-corrected chi connectivity index (χ4v) is 3.73. The van der Waals surface area contributed by atoms with Crippen molar-refractivity contribution in [2.75, 3.05) is 0 Å². The maximum Gasteiger partial charge on any atom is 0.319 e. The van der Waals surface area contributed by atoms with E-state index in [1.165, 1.54) is 24.8 Å². The molecule has 1 fully saturated rings. The molecule has 1 aliphatic carbocycles. The highest BCUT2D eigenvalue weighted by Gasteiger charge is 2.23. The molecule has 2 rings (SSSR count). The number of esters is 1. The van der Waals surface area contributed by atoms with Crippen LogP contribution in [0.4, 0.5) is 0 Å². The minimum Gasteiger partial charge on any atom is -0.462 e. The molecule has 1 N–H and O–H groups in total. The van der Waals surface area contributed by atoms with Crippen molar-refractivity contribution in [3.05, 3.63) is 35.4 Å². The van der Waals surface area contributed by atoms with Gasteiger partial charge < -0.3 is 9.84 Å². The van der Waals surface area contributed by atoms with E-state index in [-0.39, 0.29) is 23.9 Å². The Morgan fingerprint density at radius 1 is 1.23 bits per heavy atom. The quantitative estimate of drug-likeness (QED) is 0.769. The van der Waals surface area contributed by atoms with Crippen LogP contribution in [0.3, 0.4) is 0 Å².